The molecule has 2 aliphatic rings. The van der Waals surface area contributed by atoms with E-state index in [0.717, 1.165) is 11.1 Å². The van der Waals surface area contributed by atoms with E-state index in [1.165, 1.54) is 0 Å². The Labute approximate surface area is 180 Å². The summed E-state index contributed by atoms with van der Waals surface area (Å²) in [4.78, 5) is 16.4. The van der Waals surface area contributed by atoms with Crippen LogP contribution in [0.15, 0.2) is 30.7 Å². The standard InChI is InChI=1S/C21H29N5O5/c1-26-12-13(9-25-26)8-24-18(27)7-15-6-16-20(30-15)19(28)17(31-16)11-22-10-14-4-3-5-23-21(14)29-2/h3-5,9,12,15-17,19-20,22,28H,6-8,10-11H2,1-2H3,(H,24,27). The van der Waals surface area contributed by atoms with Crippen LogP contribution < -0.4 is 15.4 Å². The summed E-state index contributed by atoms with van der Waals surface area (Å²) >= 11 is 0. The fourth-order valence-electron chi connectivity index (χ4n) is 4.14. The first kappa shape index (κ1) is 21.7. The maximum absolute atomic E-state index is 12.2. The number of hydrogen-bond acceptors (Lipinski definition) is 8. The van der Waals surface area contributed by atoms with E-state index in [4.69, 9.17) is 14.2 Å². The van der Waals surface area contributed by atoms with Gasteiger partial charge in [0.05, 0.1) is 38.0 Å². The number of hydrogen-bond donors (Lipinski definition) is 3. The van der Waals surface area contributed by atoms with E-state index in [-0.39, 0.29) is 30.6 Å². The Morgan fingerprint density at radius 1 is 1.39 bits per heavy atom. The molecule has 4 rings (SSSR count). The average Bonchev–Trinajstić information content (AvgIpc) is 3.43. The van der Waals surface area contributed by atoms with Gasteiger partial charge in [0, 0.05) is 56.6 Å². The maximum atomic E-state index is 12.2. The normalized spacial score (nSPS) is 27.3. The van der Waals surface area contributed by atoms with Gasteiger partial charge >= 0.3 is 0 Å². The first-order valence-corrected chi connectivity index (χ1v) is 10.4. The molecule has 0 saturated carbocycles. The molecule has 2 fully saturated rings. The van der Waals surface area contributed by atoms with Crippen LogP contribution in [0.1, 0.15) is 24.0 Å². The molecule has 31 heavy (non-hydrogen) atoms. The second-order valence-corrected chi connectivity index (χ2v) is 7.97. The monoisotopic (exact) mass is 431 g/mol. The van der Waals surface area contributed by atoms with Gasteiger partial charge in [-0.05, 0) is 6.07 Å². The van der Waals surface area contributed by atoms with Crippen LogP contribution in [0, 0.1) is 0 Å². The molecule has 0 bridgehead atoms. The van der Waals surface area contributed by atoms with Gasteiger partial charge in [0.15, 0.2) is 0 Å². The second-order valence-electron chi connectivity index (χ2n) is 7.97. The van der Waals surface area contributed by atoms with Crippen molar-refractivity contribution in [2.45, 2.75) is 56.5 Å². The summed E-state index contributed by atoms with van der Waals surface area (Å²) in [7, 11) is 3.42. The van der Waals surface area contributed by atoms with Crippen molar-refractivity contribution in [1.29, 1.82) is 0 Å². The first-order valence-electron chi connectivity index (χ1n) is 10.4. The summed E-state index contributed by atoms with van der Waals surface area (Å²) < 4.78 is 18.9. The second kappa shape index (κ2) is 9.73. The predicted molar refractivity (Wildman–Crippen MR) is 110 cm³/mol. The topological polar surface area (TPSA) is 120 Å². The number of nitrogens with one attached hydrogen (secondary N) is 2. The van der Waals surface area contributed by atoms with Crippen molar-refractivity contribution in [2.75, 3.05) is 13.7 Å². The quantitative estimate of drug-likeness (QED) is 0.504. The molecule has 0 radical (unpaired) electrons. The number of aromatic nitrogens is 3. The van der Waals surface area contributed by atoms with E-state index in [2.05, 4.69) is 20.7 Å². The molecule has 5 atom stereocenters. The molecule has 0 spiro atoms. The van der Waals surface area contributed by atoms with Crippen LogP contribution in [0.3, 0.4) is 0 Å². The highest BCUT2D eigenvalue weighted by molar-refractivity contribution is 5.76. The Morgan fingerprint density at radius 2 is 2.26 bits per heavy atom. The summed E-state index contributed by atoms with van der Waals surface area (Å²) in [5.74, 6) is 0.486. The third kappa shape index (κ3) is 5.21. The molecule has 1 amide bonds. The van der Waals surface area contributed by atoms with Crippen LogP contribution in [-0.4, -0.2) is 70.0 Å². The van der Waals surface area contributed by atoms with Gasteiger partial charge in [-0.2, -0.15) is 5.10 Å². The molecule has 10 nitrogen and oxygen atoms in total. The van der Waals surface area contributed by atoms with Gasteiger partial charge in [0.1, 0.15) is 12.2 Å². The van der Waals surface area contributed by atoms with E-state index < -0.39 is 12.2 Å². The van der Waals surface area contributed by atoms with Crippen molar-refractivity contribution in [3.05, 3.63) is 41.9 Å². The molecule has 2 aromatic rings. The van der Waals surface area contributed by atoms with Gasteiger partial charge in [-0.3, -0.25) is 9.48 Å². The van der Waals surface area contributed by atoms with Crippen LogP contribution in [-0.2, 0) is 34.4 Å². The van der Waals surface area contributed by atoms with Crippen LogP contribution in [0.25, 0.3) is 0 Å². The van der Waals surface area contributed by atoms with Crippen molar-refractivity contribution < 1.29 is 24.1 Å². The number of rotatable bonds is 9. The van der Waals surface area contributed by atoms with E-state index in [9.17, 15) is 9.90 Å². The molecular weight excluding hydrogens is 402 g/mol. The van der Waals surface area contributed by atoms with Gasteiger partial charge < -0.3 is 30.0 Å². The SMILES string of the molecule is COc1ncccc1CNCC1OC2CC(CC(=O)NCc3cnn(C)c3)OC2C1O. The minimum Gasteiger partial charge on any atom is -0.481 e. The van der Waals surface area contributed by atoms with Crippen LogP contribution in [0.4, 0.5) is 0 Å². The zero-order valence-corrected chi connectivity index (χ0v) is 17.7. The van der Waals surface area contributed by atoms with Crippen molar-refractivity contribution in [3.8, 4) is 5.88 Å². The van der Waals surface area contributed by atoms with Gasteiger partial charge in [-0.25, -0.2) is 4.98 Å². The number of nitrogens with zero attached hydrogens (tertiary/aromatic N) is 3. The highest BCUT2D eigenvalue weighted by Crippen LogP contribution is 2.35. The van der Waals surface area contributed by atoms with Crippen molar-refractivity contribution >= 4 is 5.91 Å². The minimum absolute atomic E-state index is 0.0908. The number of aliphatic hydroxyl groups excluding tert-OH is 1. The Morgan fingerprint density at radius 3 is 3.00 bits per heavy atom. The molecule has 5 unspecified atom stereocenters. The zero-order chi connectivity index (χ0) is 21.8. The first-order chi connectivity index (χ1) is 15.0. The Hall–Kier alpha value is -2.53. The molecule has 2 saturated heterocycles. The lowest BCUT2D eigenvalue weighted by Crippen LogP contribution is -2.39. The van der Waals surface area contributed by atoms with E-state index >= 15 is 0 Å². The van der Waals surface area contributed by atoms with Gasteiger partial charge in [-0.1, -0.05) is 6.07 Å². The average molecular weight is 431 g/mol. The number of methoxy groups -OCH3 is 1. The number of amides is 1. The molecule has 168 valence electrons. The lowest BCUT2D eigenvalue weighted by molar-refractivity contribution is -0.124. The molecule has 2 aliphatic heterocycles. The number of aryl methyl sites for hydroxylation is 1. The molecule has 0 aliphatic carbocycles. The van der Waals surface area contributed by atoms with Gasteiger partial charge in [-0.15, -0.1) is 0 Å². The molecule has 2 aromatic heterocycles. The smallest absolute Gasteiger partial charge is 0.222 e. The number of aliphatic hydroxyl groups is 1. The van der Waals surface area contributed by atoms with Gasteiger partial charge in [0.25, 0.3) is 0 Å². The zero-order valence-electron chi connectivity index (χ0n) is 17.7. The molecule has 0 aromatic carbocycles. The van der Waals surface area contributed by atoms with E-state index in [1.807, 2.05) is 25.4 Å². The molecular formula is C21H29N5O5. The van der Waals surface area contributed by atoms with Crippen LogP contribution in [0.5, 0.6) is 5.88 Å². The summed E-state index contributed by atoms with van der Waals surface area (Å²) in [5.41, 5.74) is 1.88. The Balaban J connectivity index is 1.19. The fraction of sp³-hybridized carbons (Fsp3) is 0.571. The Kier molecular flexibility index (Phi) is 6.81. The van der Waals surface area contributed by atoms with Gasteiger partial charge in [0.2, 0.25) is 11.8 Å². The number of carbonyl (C=O) groups is 1. The summed E-state index contributed by atoms with van der Waals surface area (Å²) in [6.45, 7) is 1.46. The number of fused-ring (bicyclic) bond motifs is 1. The predicted octanol–water partition coefficient (Wildman–Crippen LogP) is -0.0944. The fourth-order valence-corrected chi connectivity index (χ4v) is 4.14. The number of ether oxygens (including phenoxy) is 3. The molecule has 10 heteroatoms. The third-order valence-corrected chi connectivity index (χ3v) is 5.64. The van der Waals surface area contributed by atoms with Crippen molar-refractivity contribution in [3.63, 3.8) is 0 Å². The highest BCUT2D eigenvalue weighted by Gasteiger charge is 2.50. The van der Waals surface area contributed by atoms with E-state index in [0.29, 0.717) is 31.9 Å². The summed E-state index contributed by atoms with van der Waals surface area (Å²) in [6.07, 6.45) is 4.13. The third-order valence-electron chi connectivity index (χ3n) is 5.64. The maximum Gasteiger partial charge on any atom is 0.222 e. The van der Waals surface area contributed by atoms with Crippen LogP contribution in [0.2, 0.25) is 0 Å². The minimum atomic E-state index is -0.739. The lowest BCUT2D eigenvalue weighted by atomic mass is 10.1. The van der Waals surface area contributed by atoms with Crippen molar-refractivity contribution in [1.82, 2.24) is 25.4 Å². The van der Waals surface area contributed by atoms with Crippen LogP contribution >= 0.6 is 0 Å². The number of pyridine rings is 1. The number of carbonyl (C=O) groups excluding carboxylic acids is 1. The summed E-state index contributed by atoms with van der Waals surface area (Å²) in [6, 6.07) is 3.79. The summed E-state index contributed by atoms with van der Waals surface area (Å²) in [5, 5.41) is 20.9. The van der Waals surface area contributed by atoms with Crippen molar-refractivity contribution in [2.24, 2.45) is 7.05 Å². The molecule has 3 N–H and O–H groups in total. The van der Waals surface area contributed by atoms with E-state index in [1.54, 1.807) is 24.2 Å². The highest BCUT2D eigenvalue weighted by atomic mass is 16.6. The Bertz CT molecular complexity index is 891. The largest absolute Gasteiger partial charge is 0.481 e. The lowest BCUT2D eigenvalue weighted by Gasteiger charge is -2.20. The molecule has 4 heterocycles.